The van der Waals surface area contributed by atoms with Gasteiger partial charge >= 0.3 is 6.09 Å². The molecule has 8 nitrogen and oxygen atoms in total. The van der Waals surface area contributed by atoms with Gasteiger partial charge < -0.3 is 4.74 Å². The Balaban J connectivity index is 2.73. The lowest BCUT2D eigenvalue weighted by Gasteiger charge is -1.99. The maximum absolute atomic E-state index is 11.0. The number of nitrogens with two attached hydrogens (primary N) is 1. The summed E-state index contributed by atoms with van der Waals surface area (Å²) in [6.45, 7) is 1.88. The van der Waals surface area contributed by atoms with Crippen LogP contribution in [0.2, 0.25) is 0 Å². The first kappa shape index (κ1) is 11.8. The minimum atomic E-state index is -3.38. The van der Waals surface area contributed by atoms with E-state index in [4.69, 9.17) is 9.92 Å². The summed E-state index contributed by atoms with van der Waals surface area (Å²) in [5.41, 5.74) is 0. The largest absolute Gasteiger partial charge is 0.450 e. The molecule has 0 bridgehead atoms. The summed E-state index contributed by atoms with van der Waals surface area (Å²) in [6, 6.07) is 0. The number of amides is 1. The molecule has 0 radical (unpaired) electrons. The lowest BCUT2D eigenvalue weighted by atomic mass is 10.9. The fourth-order valence-corrected chi connectivity index (χ4v) is 1.99. The van der Waals surface area contributed by atoms with Crippen molar-refractivity contribution in [1.29, 1.82) is 4.78 Å². The monoisotopic (exact) mass is 251 g/mol. The summed E-state index contributed by atoms with van der Waals surface area (Å²) in [6.07, 6.45) is -0.686. The van der Waals surface area contributed by atoms with Gasteiger partial charge in [0, 0.05) is 0 Å². The summed E-state index contributed by atoms with van der Waals surface area (Å²) in [5.74, 6) is 0. The Bertz CT molecular complexity index is 453. The third-order valence-electron chi connectivity index (χ3n) is 1.15. The van der Waals surface area contributed by atoms with Gasteiger partial charge in [0.15, 0.2) is 9.92 Å². The molecular formula is C5H9N5O3S2. The summed E-state index contributed by atoms with van der Waals surface area (Å²) >= 11 is 0.772. The standard InChI is InChI=1S/C5H9N5O3S2/c1-2-13-4(11)8-3-9-10-5(14-3)15(6,7)12/h2H2,1H3,(H3,6,7,12)(H,8,9,11). The van der Waals surface area contributed by atoms with E-state index in [0.29, 0.717) is 0 Å². The minimum Gasteiger partial charge on any atom is -0.450 e. The molecule has 4 N–H and O–H groups in total. The number of hydrogen-bond donors (Lipinski definition) is 3. The third-order valence-corrected chi connectivity index (χ3v) is 3.38. The summed E-state index contributed by atoms with van der Waals surface area (Å²) in [5, 5.41) is 14.3. The van der Waals surface area contributed by atoms with Gasteiger partial charge in [0.05, 0.1) is 6.61 Å². The Morgan fingerprint density at radius 1 is 1.73 bits per heavy atom. The van der Waals surface area contributed by atoms with E-state index >= 15 is 0 Å². The molecule has 1 heterocycles. The molecule has 1 aromatic heterocycles. The van der Waals surface area contributed by atoms with Gasteiger partial charge in [-0.3, -0.25) is 5.32 Å². The van der Waals surface area contributed by atoms with Crippen molar-refractivity contribution in [3.05, 3.63) is 0 Å². The number of nitrogens with one attached hydrogen (secondary N) is 2. The maximum Gasteiger partial charge on any atom is 0.413 e. The second-order valence-electron chi connectivity index (χ2n) is 2.32. The highest BCUT2D eigenvalue weighted by molar-refractivity contribution is 7.92. The van der Waals surface area contributed by atoms with Gasteiger partial charge in [0.25, 0.3) is 0 Å². The number of carbonyl (C=O) groups is 1. The first-order valence-corrected chi connectivity index (χ1v) is 6.21. The Morgan fingerprint density at radius 2 is 2.40 bits per heavy atom. The molecule has 1 aromatic rings. The van der Waals surface area contributed by atoms with Gasteiger partial charge in [0.2, 0.25) is 9.47 Å². The second kappa shape index (κ2) is 4.51. The van der Waals surface area contributed by atoms with Crippen molar-refractivity contribution in [2.45, 2.75) is 11.3 Å². The zero-order valence-corrected chi connectivity index (χ0v) is 9.35. The average Bonchev–Trinajstić information content (AvgIpc) is 2.52. The Morgan fingerprint density at radius 3 is 2.87 bits per heavy atom. The quantitative estimate of drug-likeness (QED) is 0.668. The minimum absolute atomic E-state index is 0.0916. The van der Waals surface area contributed by atoms with E-state index in [1.165, 1.54) is 0 Å². The molecule has 0 aliphatic carbocycles. The number of anilines is 1. The molecule has 0 fully saturated rings. The molecular weight excluding hydrogens is 242 g/mol. The smallest absolute Gasteiger partial charge is 0.413 e. The van der Waals surface area contributed by atoms with Crippen LogP contribution in [0.15, 0.2) is 4.34 Å². The van der Waals surface area contributed by atoms with Crippen LogP contribution in [0, 0.1) is 4.78 Å². The molecule has 0 spiro atoms. The molecule has 1 atom stereocenters. The van der Waals surface area contributed by atoms with E-state index in [2.05, 4.69) is 20.3 Å². The van der Waals surface area contributed by atoms with Gasteiger partial charge in [-0.15, -0.1) is 10.2 Å². The zero-order valence-electron chi connectivity index (χ0n) is 7.72. The predicted octanol–water partition coefficient (Wildman–Crippen LogP) is 0.386. The number of carbonyl (C=O) groups excluding carboxylic acids is 1. The van der Waals surface area contributed by atoms with Crippen LogP contribution in [0.1, 0.15) is 6.92 Å². The zero-order chi connectivity index (χ0) is 11.5. The number of ether oxygens (including phenoxy) is 1. The van der Waals surface area contributed by atoms with Crippen molar-refractivity contribution < 1.29 is 13.7 Å². The number of aromatic nitrogens is 2. The number of rotatable bonds is 3. The van der Waals surface area contributed by atoms with E-state index in [1.807, 2.05) is 0 Å². The topological polar surface area (TPSA) is 131 Å². The molecule has 84 valence electrons. The molecule has 0 saturated carbocycles. The van der Waals surface area contributed by atoms with E-state index < -0.39 is 16.0 Å². The van der Waals surface area contributed by atoms with E-state index in [9.17, 15) is 9.00 Å². The number of nitrogens with zero attached hydrogens (tertiary/aromatic N) is 2. The van der Waals surface area contributed by atoms with Crippen molar-refractivity contribution in [2.24, 2.45) is 5.14 Å². The molecule has 10 heteroatoms. The summed E-state index contributed by atoms with van der Waals surface area (Å²) in [4.78, 5) is 10.9. The Kier molecular flexibility index (Phi) is 3.55. The molecule has 0 aromatic carbocycles. The highest BCUT2D eigenvalue weighted by atomic mass is 32.2. The first-order chi connectivity index (χ1) is 6.93. The second-order valence-corrected chi connectivity index (χ2v) is 5.14. The fraction of sp³-hybridized carbons (Fsp3) is 0.400. The average molecular weight is 251 g/mol. The van der Waals surface area contributed by atoms with Crippen LogP contribution in [-0.2, 0) is 14.7 Å². The normalized spacial score (nSPS) is 14.3. The molecule has 15 heavy (non-hydrogen) atoms. The Labute approximate surface area is 89.9 Å². The van der Waals surface area contributed by atoms with Crippen molar-refractivity contribution >= 4 is 32.5 Å². The fourth-order valence-electron chi connectivity index (χ4n) is 0.637. The van der Waals surface area contributed by atoms with Crippen LogP contribution >= 0.6 is 11.3 Å². The molecule has 0 aliphatic rings. The van der Waals surface area contributed by atoms with Crippen molar-refractivity contribution in [2.75, 3.05) is 11.9 Å². The predicted molar refractivity (Wildman–Crippen MR) is 53.9 cm³/mol. The van der Waals surface area contributed by atoms with Gasteiger partial charge in [0.1, 0.15) is 0 Å². The maximum atomic E-state index is 11.0. The van der Waals surface area contributed by atoms with E-state index in [1.54, 1.807) is 6.92 Å². The molecule has 0 aliphatic heterocycles. The lowest BCUT2D eigenvalue weighted by Crippen LogP contribution is -2.12. The highest BCUT2D eigenvalue weighted by Gasteiger charge is 2.13. The van der Waals surface area contributed by atoms with Gasteiger partial charge in [-0.05, 0) is 6.92 Å². The summed E-state index contributed by atoms with van der Waals surface area (Å²) in [7, 11) is -3.38. The first-order valence-electron chi connectivity index (χ1n) is 3.77. The van der Waals surface area contributed by atoms with Crippen LogP contribution in [0.25, 0.3) is 0 Å². The Hall–Kier alpha value is -1.26. The van der Waals surface area contributed by atoms with Crippen molar-refractivity contribution in [3.63, 3.8) is 0 Å². The summed E-state index contributed by atoms with van der Waals surface area (Å²) < 4.78 is 22.5. The van der Waals surface area contributed by atoms with E-state index in [0.717, 1.165) is 11.3 Å². The lowest BCUT2D eigenvalue weighted by molar-refractivity contribution is 0.168. The van der Waals surface area contributed by atoms with Gasteiger partial charge in [-0.2, -0.15) is 0 Å². The molecule has 0 saturated heterocycles. The van der Waals surface area contributed by atoms with Crippen LogP contribution in [0.4, 0.5) is 9.93 Å². The molecule has 1 amide bonds. The van der Waals surface area contributed by atoms with Crippen LogP contribution in [0.5, 0.6) is 0 Å². The van der Waals surface area contributed by atoms with Gasteiger partial charge in [-0.1, -0.05) is 11.3 Å². The van der Waals surface area contributed by atoms with Crippen LogP contribution < -0.4 is 10.5 Å². The van der Waals surface area contributed by atoms with Crippen molar-refractivity contribution in [1.82, 2.24) is 10.2 Å². The molecule has 1 rings (SSSR count). The number of hydrogen-bond acceptors (Lipinski definition) is 7. The SMILES string of the molecule is CCOC(=O)Nc1nnc(S(=N)(N)=O)s1. The van der Waals surface area contributed by atoms with Crippen molar-refractivity contribution in [3.8, 4) is 0 Å². The van der Waals surface area contributed by atoms with Crippen LogP contribution in [0.3, 0.4) is 0 Å². The van der Waals surface area contributed by atoms with E-state index in [-0.39, 0.29) is 16.1 Å². The van der Waals surface area contributed by atoms with Crippen LogP contribution in [-0.4, -0.2) is 27.1 Å². The van der Waals surface area contributed by atoms with Gasteiger partial charge in [-0.25, -0.2) is 18.9 Å². The third kappa shape index (κ3) is 3.42. The highest BCUT2D eigenvalue weighted by Crippen LogP contribution is 2.18. The molecule has 1 unspecified atom stereocenters.